The standard InChI is InChI=1S/C21H23IN2O4S/c1-2-11-28-17-8-7-15(12-16(17)22)13-18-20(26)24(21(27)29-18)14-19(25)23-9-5-3-4-6-10-23/h2,7-8,12-13H,1,3-6,9-11,14H2. The average Bonchev–Trinajstić information content (AvgIpc) is 2.89. The highest BCUT2D eigenvalue weighted by Gasteiger charge is 2.37. The van der Waals surface area contributed by atoms with Crippen molar-refractivity contribution >= 4 is 57.5 Å². The number of likely N-dealkylation sites (tertiary alicyclic amines) is 1. The quantitative estimate of drug-likeness (QED) is 0.314. The molecule has 0 radical (unpaired) electrons. The van der Waals surface area contributed by atoms with Gasteiger partial charge in [0.2, 0.25) is 5.91 Å². The summed E-state index contributed by atoms with van der Waals surface area (Å²) in [7, 11) is 0. The molecule has 3 amide bonds. The zero-order valence-corrected chi connectivity index (χ0v) is 19.0. The van der Waals surface area contributed by atoms with Crippen LogP contribution in [0.5, 0.6) is 5.75 Å². The fourth-order valence-electron chi connectivity index (χ4n) is 3.22. The van der Waals surface area contributed by atoms with E-state index in [0.717, 1.165) is 57.2 Å². The molecule has 0 aromatic heterocycles. The van der Waals surface area contributed by atoms with E-state index in [2.05, 4.69) is 29.2 Å². The number of nitrogens with zero attached hydrogens (tertiary/aromatic N) is 2. The number of ether oxygens (including phenoxy) is 1. The third kappa shape index (κ3) is 5.63. The Kier molecular flexibility index (Phi) is 7.77. The summed E-state index contributed by atoms with van der Waals surface area (Å²) in [6, 6.07) is 5.54. The number of hydrogen-bond donors (Lipinski definition) is 0. The van der Waals surface area contributed by atoms with E-state index in [1.807, 2.05) is 18.2 Å². The Hall–Kier alpha value is -1.81. The number of carbonyl (C=O) groups excluding carboxylic acids is 3. The zero-order chi connectivity index (χ0) is 20.8. The largest absolute Gasteiger partial charge is 0.488 e. The smallest absolute Gasteiger partial charge is 0.294 e. The predicted molar refractivity (Wildman–Crippen MR) is 123 cm³/mol. The van der Waals surface area contributed by atoms with Gasteiger partial charge in [-0.05, 0) is 71.0 Å². The minimum Gasteiger partial charge on any atom is -0.488 e. The molecule has 1 aromatic carbocycles. The van der Waals surface area contributed by atoms with Crippen LogP contribution in [0, 0.1) is 3.57 Å². The van der Waals surface area contributed by atoms with E-state index in [-0.39, 0.29) is 12.5 Å². The summed E-state index contributed by atoms with van der Waals surface area (Å²) in [5.74, 6) is 0.165. The normalized spacial score (nSPS) is 18.9. The molecule has 0 atom stereocenters. The van der Waals surface area contributed by atoms with Crippen molar-refractivity contribution in [2.45, 2.75) is 25.7 Å². The fourth-order valence-corrected chi connectivity index (χ4v) is 4.75. The Labute approximate surface area is 188 Å². The molecular weight excluding hydrogens is 503 g/mol. The van der Waals surface area contributed by atoms with E-state index in [0.29, 0.717) is 24.6 Å². The third-order valence-corrected chi connectivity index (χ3v) is 6.49. The number of halogens is 1. The maximum absolute atomic E-state index is 12.7. The molecule has 0 saturated carbocycles. The number of imide groups is 1. The molecule has 1 aromatic rings. The lowest BCUT2D eigenvalue weighted by atomic mass is 10.2. The molecule has 3 rings (SSSR count). The molecule has 154 valence electrons. The minimum atomic E-state index is -0.412. The van der Waals surface area contributed by atoms with Crippen molar-refractivity contribution < 1.29 is 19.1 Å². The van der Waals surface area contributed by atoms with Crippen molar-refractivity contribution in [3.05, 3.63) is 44.9 Å². The Morgan fingerprint density at radius 2 is 1.93 bits per heavy atom. The second-order valence-corrected chi connectivity index (χ2v) is 9.01. The van der Waals surface area contributed by atoms with Crippen LogP contribution in [0.2, 0.25) is 0 Å². The average molecular weight is 526 g/mol. The molecule has 2 aliphatic rings. The Balaban J connectivity index is 1.68. The van der Waals surface area contributed by atoms with Crippen LogP contribution in [-0.4, -0.2) is 53.1 Å². The second kappa shape index (κ2) is 10.3. The van der Waals surface area contributed by atoms with Crippen LogP contribution in [-0.2, 0) is 9.59 Å². The van der Waals surface area contributed by atoms with Gasteiger partial charge in [0.25, 0.3) is 11.1 Å². The van der Waals surface area contributed by atoms with Crippen LogP contribution in [0.3, 0.4) is 0 Å². The summed E-state index contributed by atoms with van der Waals surface area (Å²) in [6.07, 6.45) is 7.53. The summed E-state index contributed by atoms with van der Waals surface area (Å²) in [4.78, 5) is 40.8. The van der Waals surface area contributed by atoms with Crippen LogP contribution in [0.4, 0.5) is 4.79 Å². The topological polar surface area (TPSA) is 66.9 Å². The number of hydrogen-bond acceptors (Lipinski definition) is 5. The Bertz CT molecular complexity index is 847. The van der Waals surface area contributed by atoms with Gasteiger partial charge in [-0.1, -0.05) is 31.6 Å². The van der Waals surface area contributed by atoms with E-state index in [1.54, 1.807) is 17.1 Å². The van der Waals surface area contributed by atoms with Crippen molar-refractivity contribution in [1.29, 1.82) is 0 Å². The van der Waals surface area contributed by atoms with E-state index >= 15 is 0 Å². The van der Waals surface area contributed by atoms with Gasteiger partial charge in [0.15, 0.2) is 0 Å². The third-order valence-electron chi connectivity index (χ3n) is 4.74. The van der Waals surface area contributed by atoms with Gasteiger partial charge in [-0.25, -0.2) is 0 Å². The van der Waals surface area contributed by atoms with Gasteiger partial charge in [0.1, 0.15) is 18.9 Å². The minimum absolute atomic E-state index is 0.159. The molecule has 0 unspecified atom stereocenters. The molecule has 2 fully saturated rings. The fraction of sp³-hybridized carbons (Fsp3) is 0.381. The molecule has 0 aliphatic carbocycles. The lowest BCUT2D eigenvalue weighted by Gasteiger charge is -2.22. The predicted octanol–water partition coefficient (Wildman–Crippen LogP) is 4.29. The van der Waals surface area contributed by atoms with Gasteiger partial charge in [-0.3, -0.25) is 19.3 Å². The summed E-state index contributed by atoms with van der Waals surface area (Å²) in [6.45, 7) is 5.25. The Morgan fingerprint density at radius 3 is 2.59 bits per heavy atom. The molecule has 29 heavy (non-hydrogen) atoms. The summed E-state index contributed by atoms with van der Waals surface area (Å²) in [5.41, 5.74) is 0.796. The summed E-state index contributed by atoms with van der Waals surface area (Å²) < 4.78 is 6.45. The van der Waals surface area contributed by atoms with Crippen molar-refractivity contribution in [3.63, 3.8) is 0 Å². The highest BCUT2D eigenvalue weighted by atomic mass is 127. The number of thioether (sulfide) groups is 1. The van der Waals surface area contributed by atoms with Crippen LogP contribution in [0.25, 0.3) is 6.08 Å². The highest BCUT2D eigenvalue weighted by Crippen LogP contribution is 2.33. The molecule has 2 heterocycles. The van der Waals surface area contributed by atoms with Crippen molar-refractivity contribution in [1.82, 2.24) is 9.80 Å². The molecule has 2 aliphatic heterocycles. The number of rotatable bonds is 6. The molecule has 0 bridgehead atoms. The van der Waals surface area contributed by atoms with Crippen LogP contribution in [0.1, 0.15) is 31.2 Å². The first-order chi connectivity index (χ1) is 14.0. The first-order valence-electron chi connectivity index (χ1n) is 9.56. The molecular formula is C21H23IN2O4S. The van der Waals surface area contributed by atoms with Gasteiger partial charge < -0.3 is 9.64 Å². The molecule has 0 N–H and O–H groups in total. The zero-order valence-electron chi connectivity index (χ0n) is 16.1. The maximum Gasteiger partial charge on any atom is 0.294 e. The maximum atomic E-state index is 12.7. The molecule has 2 saturated heterocycles. The summed E-state index contributed by atoms with van der Waals surface area (Å²) >= 11 is 3.04. The van der Waals surface area contributed by atoms with Gasteiger partial charge in [-0.2, -0.15) is 0 Å². The van der Waals surface area contributed by atoms with Crippen LogP contribution in [0.15, 0.2) is 35.8 Å². The van der Waals surface area contributed by atoms with E-state index in [4.69, 9.17) is 4.74 Å². The first kappa shape index (κ1) is 21.9. The number of benzene rings is 1. The monoisotopic (exact) mass is 526 g/mol. The SMILES string of the molecule is C=CCOc1ccc(C=C2SC(=O)N(CC(=O)N3CCCCCC3)C2=O)cc1I. The Morgan fingerprint density at radius 1 is 1.21 bits per heavy atom. The van der Waals surface area contributed by atoms with Gasteiger partial charge in [0, 0.05) is 13.1 Å². The van der Waals surface area contributed by atoms with Gasteiger partial charge >= 0.3 is 0 Å². The van der Waals surface area contributed by atoms with Crippen LogP contribution >= 0.6 is 34.4 Å². The van der Waals surface area contributed by atoms with E-state index in [1.165, 1.54) is 0 Å². The lowest BCUT2D eigenvalue weighted by molar-refractivity contribution is -0.135. The van der Waals surface area contributed by atoms with Gasteiger partial charge in [0.05, 0.1) is 8.48 Å². The highest BCUT2D eigenvalue weighted by molar-refractivity contribution is 14.1. The molecule has 6 nitrogen and oxygen atoms in total. The lowest BCUT2D eigenvalue weighted by Crippen LogP contribution is -2.42. The van der Waals surface area contributed by atoms with E-state index in [9.17, 15) is 14.4 Å². The second-order valence-electron chi connectivity index (χ2n) is 6.85. The van der Waals surface area contributed by atoms with Crippen molar-refractivity contribution in [2.24, 2.45) is 0 Å². The molecule has 0 spiro atoms. The van der Waals surface area contributed by atoms with E-state index < -0.39 is 11.1 Å². The van der Waals surface area contributed by atoms with Crippen molar-refractivity contribution in [3.8, 4) is 5.75 Å². The number of amides is 3. The summed E-state index contributed by atoms with van der Waals surface area (Å²) in [5, 5.41) is -0.398. The van der Waals surface area contributed by atoms with Gasteiger partial charge in [-0.15, -0.1) is 0 Å². The first-order valence-corrected chi connectivity index (χ1v) is 11.5. The molecule has 8 heteroatoms. The number of carbonyl (C=O) groups is 3. The van der Waals surface area contributed by atoms with Crippen LogP contribution < -0.4 is 4.74 Å². The van der Waals surface area contributed by atoms with Crippen molar-refractivity contribution in [2.75, 3.05) is 26.2 Å².